The molecule has 1 fully saturated rings. The van der Waals surface area contributed by atoms with Gasteiger partial charge in [0.1, 0.15) is 5.76 Å². The molecular weight excluding hydrogens is 356 g/mol. The van der Waals surface area contributed by atoms with Gasteiger partial charge in [0.15, 0.2) is 0 Å². The third-order valence-electron chi connectivity index (χ3n) is 4.24. The van der Waals surface area contributed by atoms with E-state index in [4.69, 9.17) is 9.15 Å². The second-order valence-electron chi connectivity index (χ2n) is 6.26. The second kappa shape index (κ2) is 8.03. The summed E-state index contributed by atoms with van der Waals surface area (Å²) in [6.07, 6.45) is 3.24. The third kappa shape index (κ3) is 4.51. The molecule has 7 nitrogen and oxygen atoms in total. The number of amides is 1. The standard InChI is InChI=1S/C18H22N2O5S/c1-20(13-16-7-4-10-25-16)18(21)14-5-2-8-17(11-14)26(22,23)19-12-15-6-3-9-24-15/h2,4-5,7-8,10-11,15,19H,3,6,9,12-13H2,1H3. The lowest BCUT2D eigenvalue weighted by Crippen LogP contribution is -2.32. The summed E-state index contributed by atoms with van der Waals surface area (Å²) < 4.78 is 38.2. The minimum atomic E-state index is -3.70. The van der Waals surface area contributed by atoms with Crippen LogP contribution < -0.4 is 4.72 Å². The lowest BCUT2D eigenvalue weighted by molar-refractivity contribution is 0.0775. The lowest BCUT2D eigenvalue weighted by atomic mass is 10.2. The summed E-state index contributed by atoms with van der Waals surface area (Å²) in [6.45, 7) is 1.21. The highest BCUT2D eigenvalue weighted by molar-refractivity contribution is 7.89. The van der Waals surface area contributed by atoms with E-state index < -0.39 is 10.0 Å². The summed E-state index contributed by atoms with van der Waals surface area (Å²) in [7, 11) is -2.06. The minimum Gasteiger partial charge on any atom is -0.467 e. The predicted octanol–water partition coefficient (Wildman–Crippen LogP) is 2.01. The maximum Gasteiger partial charge on any atom is 0.254 e. The average Bonchev–Trinajstić information content (AvgIpc) is 3.33. The Hall–Kier alpha value is -2.16. The third-order valence-corrected chi connectivity index (χ3v) is 5.66. The fraction of sp³-hybridized carbons (Fsp3) is 0.389. The molecule has 1 aromatic carbocycles. The topological polar surface area (TPSA) is 88.9 Å². The molecule has 0 radical (unpaired) electrons. The Balaban J connectivity index is 1.69. The van der Waals surface area contributed by atoms with Crippen LogP contribution in [-0.2, 0) is 21.3 Å². The summed E-state index contributed by atoms with van der Waals surface area (Å²) in [6, 6.07) is 9.55. The van der Waals surface area contributed by atoms with Gasteiger partial charge in [-0.25, -0.2) is 13.1 Å². The van der Waals surface area contributed by atoms with Gasteiger partial charge in [-0.3, -0.25) is 4.79 Å². The van der Waals surface area contributed by atoms with Gasteiger partial charge in [-0.05, 0) is 43.2 Å². The van der Waals surface area contributed by atoms with Gasteiger partial charge < -0.3 is 14.1 Å². The summed E-state index contributed by atoms with van der Waals surface area (Å²) in [5.41, 5.74) is 0.305. The number of carbonyl (C=O) groups excluding carboxylic acids is 1. The van der Waals surface area contributed by atoms with Crippen LogP contribution in [0, 0.1) is 0 Å². The molecule has 140 valence electrons. The van der Waals surface area contributed by atoms with E-state index in [2.05, 4.69) is 4.72 Å². The quantitative estimate of drug-likeness (QED) is 0.796. The summed E-state index contributed by atoms with van der Waals surface area (Å²) >= 11 is 0. The van der Waals surface area contributed by atoms with Gasteiger partial charge in [-0.15, -0.1) is 0 Å². The van der Waals surface area contributed by atoms with Crippen LogP contribution in [0.2, 0.25) is 0 Å². The van der Waals surface area contributed by atoms with E-state index in [0.29, 0.717) is 24.5 Å². The number of hydrogen-bond donors (Lipinski definition) is 1. The maximum atomic E-state index is 12.6. The molecule has 1 aliphatic rings. The van der Waals surface area contributed by atoms with E-state index in [9.17, 15) is 13.2 Å². The predicted molar refractivity (Wildman–Crippen MR) is 95.1 cm³/mol. The average molecular weight is 378 g/mol. The van der Waals surface area contributed by atoms with Crippen LogP contribution in [0.15, 0.2) is 52.0 Å². The molecule has 1 unspecified atom stereocenters. The molecule has 3 rings (SSSR count). The molecule has 0 saturated carbocycles. The van der Waals surface area contributed by atoms with Crippen LogP contribution in [0.4, 0.5) is 0 Å². The number of nitrogens with one attached hydrogen (secondary N) is 1. The van der Waals surface area contributed by atoms with Crippen molar-refractivity contribution in [3.05, 3.63) is 54.0 Å². The van der Waals surface area contributed by atoms with E-state index in [0.717, 1.165) is 12.8 Å². The zero-order chi connectivity index (χ0) is 18.6. The van der Waals surface area contributed by atoms with Gasteiger partial charge in [0, 0.05) is 25.8 Å². The number of nitrogens with zero attached hydrogens (tertiary/aromatic N) is 1. The Morgan fingerprint density at radius 3 is 2.85 bits per heavy atom. The van der Waals surface area contributed by atoms with Crippen molar-refractivity contribution in [2.45, 2.75) is 30.4 Å². The fourth-order valence-corrected chi connectivity index (χ4v) is 3.93. The van der Waals surface area contributed by atoms with E-state index in [1.807, 2.05) is 0 Å². The zero-order valence-electron chi connectivity index (χ0n) is 14.6. The number of hydrogen-bond acceptors (Lipinski definition) is 5. The van der Waals surface area contributed by atoms with Crippen molar-refractivity contribution in [2.24, 2.45) is 0 Å². The first kappa shape index (κ1) is 18.6. The van der Waals surface area contributed by atoms with Crippen molar-refractivity contribution in [3.8, 4) is 0 Å². The van der Waals surface area contributed by atoms with Crippen molar-refractivity contribution < 1.29 is 22.4 Å². The molecule has 2 heterocycles. The zero-order valence-corrected chi connectivity index (χ0v) is 15.4. The normalized spacial score (nSPS) is 17.3. The molecule has 1 atom stereocenters. The molecule has 1 aliphatic heterocycles. The molecule has 2 aromatic rings. The summed E-state index contributed by atoms with van der Waals surface area (Å²) in [5.74, 6) is 0.375. The van der Waals surface area contributed by atoms with Crippen LogP contribution in [0.3, 0.4) is 0 Å². The maximum absolute atomic E-state index is 12.6. The van der Waals surface area contributed by atoms with E-state index >= 15 is 0 Å². The second-order valence-corrected chi connectivity index (χ2v) is 8.02. The van der Waals surface area contributed by atoms with Crippen molar-refractivity contribution in [2.75, 3.05) is 20.2 Å². The Morgan fingerprint density at radius 2 is 2.15 bits per heavy atom. The molecule has 1 saturated heterocycles. The Labute approximate surface area is 153 Å². The van der Waals surface area contributed by atoms with Gasteiger partial charge in [-0.2, -0.15) is 0 Å². The fourth-order valence-electron chi connectivity index (χ4n) is 2.82. The van der Waals surface area contributed by atoms with Crippen molar-refractivity contribution in [1.82, 2.24) is 9.62 Å². The summed E-state index contributed by atoms with van der Waals surface area (Å²) in [4.78, 5) is 14.1. The number of benzene rings is 1. The number of furan rings is 1. The monoisotopic (exact) mass is 378 g/mol. The number of ether oxygens (including phenoxy) is 1. The first-order valence-electron chi connectivity index (χ1n) is 8.45. The lowest BCUT2D eigenvalue weighted by Gasteiger charge is -2.16. The number of rotatable bonds is 7. The van der Waals surface area contributed by atoms with E-state index in [1.54, 1.807) is 37.6 Å². The molecule has 1 aromatic heterocycles. The van der Waals surface area contributed by atoms with Gasteiger partial charge in [0.05, 0.1) is 23.8 Å². The molecule has 8 heteroatoms. The molecular formula is C18H22N2O5S. The van der Waals surface area contributed by atoms with Gasteiger partial charge >= 0.3 is 0 Å². The first-order chi connectivity index (χ1) is 12.5. The first-order valence-corrected chi connectivity index (χ1v) is 9.93. The molecule has 1 N–H and O–H groups in total. The van der Waals surface area contributed by atoms with Crippen LogP contribution >= 0.6 is 0 Å². The van der Waals surface area contributed by atoms with Gasteiger partial charge in [-0.1, -0.05) is 6.07 Å². The van der Waals surface area contributed by atoms with Gasteiger partial charge in [0.25, 0.3) is 5.91 Å². The van der Waals surface area contributed by atoms with Crippen LogP contribution in [0.25, 0.3) is 0 Å². The smallest absolute Gasteiger partial charge is 0.254 e. The van der Waals surface area contributed by atoms with Gasteiger partial charge in [0.2, 0.25) is 10.0 Å². The molecule has 0 spiro atoms. The van der Waals surface area contributed by atoms with Crippen LogP contribution in [0.1, 0.15) is 29.0 Å². The van der Waals surface area contributed by atoms with Crippen molar-refractivity contribution in [3.63, 3.8) is 0 Å². The van der Waals surface area contributed by atoms with E-state index in [1.165, 1.54) is 17.0 Å². The highest BCUT2D eigenvalue weighted by Crippen LogP contribution is 2.16. The van der Waals surface area contributed by atoms with E-state index in [-0.39, 0.29) is 23.5 Å². The van der Waals surface area contributed by atoms with Crippen molar-refractivity contribution >= 4 is 15.9 Å². The number of carbonyl (C=O) groups is 1. The molecule has 26 heavy (non-hydrogen) atoms. The summed E-state index contributed by atoms with van der Waals surface area (Å²) in [5, 5.41) is 0. The largest absolute Gasteiger partial charge is 0.467 e. The van der Waals surface area contributed by atoms with Crippen molar-refractivity contribution in [1.29, 1.82) is 0 Å². The SMILES string of the molecule is CN(Cc1ccco1)C(=O)c1cccc(S(=O)(=O)NCC2CCCO2)c1. The van der Waals surface area contributed by atoms with Crippen LogP contribution in [-0.4, -0.2) is 45.5 Å². The highest BCUT2D eigenvalue weighted by atomic mass is 32.2. The Kier molecular flexibility index (Phi) is 5.75. The minimum absolute atomic E-state index is 0.0627. The molecule has 1 amide bonds. The highest BCUT2D eigenvalue weighted by Gasteiger charge is 2.22. The Morgan fingerprint density at radius 1 is 1.31 bits per heavy atom. The Bertz CT molecular complexity index is 842. The number of sulfonamides is 1. The molecule has 0 aliphatic carbocycles. The molecule has 0 bridgehead atoms. The van der Waals surface area contributed by atoms with Crippen LogP contribution in [0.5, 0.6) is 0 Å².